The van der Waals surface area contributed by atoms with Crippen LogP contribution in [0, 0.1) is 0 Å². The van der Waals surface area contributed by atoms with Crippen molar-refractivity contribution in [2.75, 3.05) is 13.7 Å². The maximum absolute atomic E-state index is 12.5. The number of hydrogen-bond acceptors (Lipinski definition) is 5. The smallest absolute Gasteiger partial charge is 0.253 e. The van der Waals surface area contributed by atoms with Gasteiger partial charge in [0.2, 0.25) is 0 Å². The van der Waals surface area contributed by atoms with Crippen LogP contribution in [0.15, 0.2) is 36.7 Å². The summed E-state index contributed by atoms with van der Waals surface area (Å²) in [6, 6.07) is 7.42. The zero-order chi connectivity index (χ0) is 18.5. The van der Waals surface area contributed by atoms with Crippen LogP contribution in [-0.2, 0) is 13.6 Å². The van der Waals surface area contributed by atoms with E-state index in [-0.39, 0.29) is 5.91 Å². The lowest BCUT2D eigenvalue weighted by molar-refractivity contribution is 0.0950. The number of aryl methyl sites for hydroxylation is 1. The lowest BCUT2D eigenvalue weighted by Gasteiger charge is -2.15. The van der Waals surface area contributed by atoms with Gasteiger partial charge in [0, 0.05) is 25.4 Å². The minimum atomic E-state index is -0.204. The molecule has 0 atom stereocenters. The van der Waals surface area contributed by atoms with Crippen molar-refractivity contribution in [3.63, 3.8) is 0 Å². The summed E-state index contributed by atoms with van der Waals surface area (Å²) in [5.74, 6) is 1.12. The Balaban J connectivity index is 1.77. The molecular formula is C19H22N4O3. The van der Waals surface area contributed by atoms with Gasteiger partial charge < -0.3 is 14.8 Å². The predicted octanol–water partition coefficient (Wildman–Crippen LogP) is 2.70. The van der Waals surface area contributed by atoms with Gasteiger partial charge in [-0.15, -0.1) is 0 Å². The van der Waals surface area contributed by atoms with Gasteiger partial charge in [-0.05, 0) is 18.6 Å². The number of nitrogens with one attached hydrogen (secondary N) is 1. The molecule has 2 aromatic heterocycles. The second-order valence-electron chi connectivity index (χ2n) is 5.88. The summed E-state index contributed by atoms with van der Waals surface area (Å²) in [4.78, 5) is 16.8. The van der Waals surface area contributed by atoms with Gasteiger partial charge in [-0.25, -0.2) is 0 Å². The van der Waals surface area contributed by atoms with Crippen LogP contribution < -0.4 is 14.8 Å². The molecule has 0 saturated carbocycles. The Hall–Kier alpha value is -3.09. The second-order valence-corrected chi connectivity index (χ2v) is 5.88. The summed E-state index contributed by atoms with van der Waals surface area (Å²) >= 11 is 0. The van der Waals surface area contributed by atoms with Crippen molar-refractivity contribution >= 4 is 16.9 Å². The number of amides is 1. The molecule has 136 valence electrons. The van der Waals surface area contributed by atoms with Gasteiger partial charge in [0.1, 0.15) is 5.52 Å². The minimum Gasteiger partial charge on any atom is -0.493 e. The van der Waals surface area contributed by atoms with Gasteiger partial charge in [-0.1, -0.05) is 19.1 Å². The fourth-order valence-corrected chi connectivity index (χ4v) is 2.66. The SMILES string of the molecule is CCCOc1c(CNC(=O)c2cnc3cnn(C)c3c2)cccc1OC. The van der Waals surface area contributed by atoms with E-state index in [1.165, 1.54) is 0 Å². The number of hydrogen-bond donors (Lipinski definition) is 1. The van der Waals surface area contributed by atoms with E-state index in [1.807, 2.05) is 32.2 Å². The summed E-state index contributed by atoms with van der Waals surface area (Å²) in [7, 11) is 3.42. The Labute approximate surface area is 151 Å². The average molecular weight is 354 g/mol. The number of methoxy groups -OCH3 is 1. The second kappa shape index (κ2) is 7.86. The fourth-order valence-electron chi connectivity index (χ4n) is 2.66. The Morgan fingerprint density at radius 1 is 1.31 bits per heavy atom. The molecule has 0 radical (unpaired) electrons. The first-order valence-electron chi connectivity index (χ1n) is 8.48. The molecule has 0 unspecified atom stereocenters. The van der Waals surface area contributed by atoms with Crippen molar-refractivity contribution < 1.29 is 14.3 Å². The summed E-state index contributed by atoms with van der Waals surface area (Å²) in [5, 5.41) is 7.06. The average Bonchev–Trinajstić information content (AvgIpc) is 3.04. The van der Waals surface area contributed by atoms with Crippen LogP contribution in [0.5, 0.6) is 11.5 Å². The number of para-hydroxylation sites is 1. The number of ether oxygens (including phenoxy) is 2. The highest BCUT2D eigenvalue weighted by molar-refractivity contribution is 5.96. The van der Waals surface area contributed by atoms with Gasteiger partial charge in [0.15, 0.2) is 11.5 Å². The molecule has 0 aliphatic heterocycles. The lowest BCUT2D eigenvalue weighted by Crippen LogP contribution is -2.23. The molecule has 26 heavy (non-hydrogen) atoms. The lowest BCUT2D eigenvalue weighted by atomic mass is 10.1. The van der Waals surface area contributed by atoms with Crippen molar-refractivity contribution in [1.29, 1.82) is 0 Å². The van der Waals surface area contributed by atoms with E-state index in [2.05, 4.69) is 15.4 Å². The van der Waals surface area contributed by atoms with E-state index < -0.39 is 0 Å². The third-order valence-corrected chi connectivity index (χ3v) is 4.03. The Morgan fingerprint density at radius 3 is 2.92 bits per heavy atom. The van der Waals surface area contributed by atoms with E-state index >= 15 is 0 Å². The summed E-state index contributed by atoms with van der Waals surface area (Å²) in [6.07, 6.45) is 4.12. The molecule has 2 heterocycles. The highest BCUT2D eigenvalue weighted by atomic mass is 16.5. The zero-order valence-corrected chi connectivity index (χ0v) is 15.2. The first-order chi connectivity index (χ1) is 12.6. The topological polar surface area (TPSA) is 78.3 Å². The maximum Gasteiger partial charge on any atom is 0.253 e. The largest absolute Gasteiger partial charge is 0.493 e. The minimum absolute atomic E-state index is 0.204. The summed E-state index contributed by atoms with van der Waals surface area (Å²) in [5.41, 5.74) is 2.92. The van der Waals surface area contributed by atoms with Crippen LogP contribution >= 0.6 is 0 Å². The van der Waals surface area contributed by atoms with Crippen LogP contribution in [0.3, 0.4) is 0 Å². The van der Waals surface area contributed by atoms with Gasteiger partial charge in [0.05, 0.1) is 31.0 Å². The molecule has 7 nitrogen and oxygen atoms in total. The van der Waals surface area contributed by atoms with Crippen LogP contribution in [0.4, 0.5) is 0 Å². The third-order valence-electron chi connectivity index (χ3n) is 4.03. The molecule has 0 spiro atoms. The maximum atomic E-state index is 12.5. The number of aromatic nitrogens is 3. The highest BCUT2D eigenvalue weighted by Crippen LogP contribution is 2.31. The van der Waals surface area contributed by atoms with Crippen LogP contribution in [0.2, 0.25) is 0 Å². The van der Waals surface area contributed by atoms with Gasteiger partial charge in [0.25, 0.3) is 5.91 Å². The number of carbonyl (C=O) groups excluding carboxylic acids is 1. The molecule has 0 aliphatic rings. The molecule has 1 aromatic carbocycles. The Morgan fingerprint density at radius 2 is 2.15 bits per heavy atom. The monoisotopic (exact) mass is 354 g/mol. The highest BCUT2D eigenvalue weighted by Gasteiger charge is 2.13. The molecule has 0 saturated heterocycles. The third kappa shape index (κ3) is 3.61. The standard InChI is InChI=1S/C19H22N4O3/c1-4-8-26-18-13(6-5-7-17(18)25-3)10-21-19(24)14-9-16-15(20-11-14)12-22-23(16)2/h5-7,9,11-12H,4,8,10H2,1-3H3,(H,21,24). The number of rotatable bonds is 7. The van der Waals surface area contributed by atoms with E-state index in [0.29, 0.717) is 30.2 Å². The van der Waals surface area contributed by atoms with Crippen molar-refractivity contribution in [3.8, 4) is 11.5 Å². The molecule has 7 heteroatoms. The van der Waals surface area contributed by atoms with Gasteiger partial charge in [-0.3, -0.25) is 14.5 Å². The number of benzene rings is 1. The predicted molar refractivity (Wildman–Crippen MR) is 98.5 cm³/mol. The van der Waals surface area contributed by atoms with Gasteiger partial charge >= 0.3 is 0 Å². The van der Waals surface area contributed by atoms with E-state index in [1.54, 1.807) is 30.3 Å². The first kappa shape index (κ1) is 17.7. The number of fused-ring (bicyclic) bond motifs is 1. The van der Waals surface area contributed by atoms with Crippen molar-refractivity contribution in [2.45, 2.75) is 19.9 Å². The van der Waals surface area contributed by atoms with E-state index in [0.717, 1.165) is 23.0 Å². The summed E-state index contributed by atoms with van der Waals surface area (Å²) < 4.78 is 12.9. The summed E-state index contributed by atoms with van der Waals surface area (Å²) in [6.45, 7) is 2.96. The Bertz CT molecular complexity index is 920. The number of pyridine rings is 1. The zero-order valence-electron chi connectivity index (χ0n) is 15.2. The molecule has 0 bridgehead atoms. The van der Waals surface area contributed by atoms with E-state index in [9.17, 15) is 4.79 Å². The number of carbonyl (C=O) groups is 1. The van der Waals surface area contributed by atoms with Crippen molar-refractivity contribution in [3.05, 3.63) is 47.8 Å². The number of nitrogens with zero attached hydrogens (tertiary/aromatic N) is 3. The van der Waals surface area contributed by atoms with Crippen LogP contribution in [0.25, 0.3) is 11.0 Å². The normalized spacial score (nSPS) is 10.7. The quantitative estimate of drug-likeness (QED) is 0.706. The molecule has 1 N–H and O–H groups in total. The molecule has 3 rings (SSSR count). The first-order valence-corrected chi connectivity index (χ1v) is 8.48. The van der Waals surface area contributed by atoms with Crippen molar-refractivity contribution in [1.82, 2.24) is 20.1 Å². The van der Waals surface area contributed by atoms with Crippen LogP contribution in [0.1, 0.15) is 29.3 Å². The fraction of sp³-hybridized carbons (Fsp3) is 0.316. The van der Waals surface area contributed by atoms with E-state index in [4.69, 9.17) is 9.47 Å². The van der Waals surface area contributed by atoms with Crippen molar-refractivity contribution in [2.24, 2.45) is 7.05 Å². The molecule has 3 aromatic rings. The molecule has 1 amide bonds. The van der Waals surface area contributed by atoms with Gasteiger partial charge in [-0.2, -0.15) is 5.10 Å². The molecule has 0 fully saturated rings. The molecule has 0 aliphatic carbocycles. The molecular weight excluding hydrogens is 332 g/mol. The Kier molecular flexibility index (Phi) is 5.36. The van der Waals surface area contributed by atoms with Crippen LogP contribution in [-0.4, -0.2) is 34.4 Å².